The first-order valence-corrected chi connectivity index (χ1v) is 8.15. The molecule has 0 aliphatic carbocycles. The Morgan fingerprint density at radius 3 is 2.37 bits per heavy atom. The molecule has 0 spiro atoms. The highest BCUT2D eigenvalue weighted by Gasteiger charge is 2.43. The monoisotopic (exact) mass is 389 g/mol. The van der Waals surface area contributed by atoms with E-state index in [-0.39, 0.29) is 50.5 Å². The normalized spacial score (nSPS) is 15.4. The largest absolute Gasteiger partial charge is 0.471 e. The van der Waals surface area contributed by atoms with Crippen molar-refractivity contribution in [2.24, 2.45) is 0 Å². The average molecular weight is 389 g/mol. The van der Waals surface area contributed by atoms with Crippen molar-refractivity contribution in [2.75, 3.05) is 39.3 Å². The second-order valence-electron chi connectivity index (χ2n) is 5.91. The van der Waals surface area contributed by atoms with Crippen LogP contribution in [0.25, 0.3) is 0 Å². The van der Waals surface area contributed by atoms with Gasteiger partial charge in [-0.1, -0.05) is 18.2 Å². The van der Waals surface area contributed by atoms with E-state index in [1.807, 2.05) is 0 Å². The fraction of sp³-hybridized carbons (Fsp3) is 0.500. The standard InChI is InChI=1S/C16H18F3N3O5/c17-16(18,19)15(24)21-7-5-20(6-8-21)9-10-27-14(23)11-12-3-1-2-4-13(12)22(25)26/h1-4H,5-11H2. The SMILES string of the molecule is O=C(Cc1ccccc1[N+](=O)[O-])OCCN1CCN(C(=O)C(F)(F)F)CC1. The molecule has 1 amide bonds. The van der Waals surface area contributed by atoms with Gasteiger partial charge >= 0.3 is 18.1 Å². The fourth-order valence-electron chi connectivity index (χ4n) is 2.69. The minimum atomic E-state index is -4.88. The summed E-state index contributed by atoms with van der Waals surface area (Å²) in [5.41, 5.74) is 0.0756. The molecule has 1 aliphatic rings. The third-order valence-corrected chi connectivity index (χ3v) is 4.10. The fourth-order valence-corrected chi connectivity index (χ4v) is 2.69. The summed E-state index contributed by atoms with van der Waals surface area (Å²) in [5, 5.41) is 10.9. The van der Waals surface area contributed by atoms with E-state index in [0.717, 1.165) is 4.90 Å². The number of nitrogens with zero attached hydrogens (tertiary/aromatic N) is 3. The second kappa shape index (κ2) is 8.80. The quantitative estimate of drug-likeness (QED) is 0.415. The van der Waals surface area contributed by atoms with Crippen LogP contribution >= 0.6 is 0 Å². The molecule has 11 heteroatoms. The van der Waals surface area contributed by atoms with Gasteiger partial charge in [-0.25, -0.2) is 0 Å². The van der Waals surface area contributed by atoms with Gasteiger partial charge in [-0.05, 0) is 0 Å². The number of hydrogen-bond donors (Lipinski definition) is 0. The second-order valence-corrected chi connectivity index (χ2v) is 5.91. The van der Waals surface area contributed by atoms with Crippen LogP contribution in [0.5, 0.6) is 0 Å². The Labute approximate surface area is 152 Å². The zero-order valence-corrected chi connectivity index (χ0v) is 14.3. The zero-order chi connectivity index (χ0) is 20.0. The molecule has 1 aromatic rings. The van der Waals surface area contributed by atoms with Gasteiger partial charge in [-0.15, -0.1) is 0 Å². The maximum absolute atomic E-state index is 12.4. The summed E-state index contributed by atoms with van der Waals surface area (Å²) in [6.07, 6.45) is -5.12. The molecule has 8 nitrogen and oxygen atoms in total. The molecular formula is C16H18F3N3O5. The summed E-state index contributed by atoms with van der Waals surface area (Å²) in [7, 11) is 0. The van der Waals surface area contributed by atoms with E-state index in [1.54, 1.807) is 11.0 Å². The van der Waals surface area contributed by atoms with Crippen molar-refractivity contribution >= 4 is 17.6 Å². The van der Waals surface area contributed by atoms with Crippen molar-refractivity contribution in [3.63, 3.8) is 0 Å². The van der Waals surface area contributed by atoms with Gasteiger partial charge in [0.2, 0.25) is 0 Å². The molecular weight excluding hydrogens is 371 g/mol. The summed E-state index contributed by atoms with van der Waals surface area (Å²) in [4.78, 5) is 35.8. The molecule has 0 bridgehead atoms. The van der Waals surface area contributed by atoms with Crippen LogP contribution in [-0.4, -0.2) is 72.1 Å². The van der Waals surface area contributed by atoms with Gasteiger partial charge in [0, 0.05) is 44.4 Å². The Bertz CT molecular complexity index is 703. The lowest BCUT2D eigenvalue weighted by atomic mass is 10.1. The molecule has 2 rings (SSSR count). The van der Waals surface area contributed by atoms with E-state index in [2.05, 4.69) is 0 Å². The maximum atomic E-state index is 12.4. The molecule has 0 unspecified atom stereocenters. The molecule has 0 N–H and O–H groups in total. The number of para-hydroxylation sites is 1. The van der Waals surface area contributed by atoms with E-state index in [4.69, 9.17) is 4.74 Å². The number of rotatable bonds is 6. The Hall–Kier alpha value is -2.69. The van der Waals surface area contributed by atoms with Gasteiger partial charge in [0.25, 0.3) is 5.69 Å². The zero-order valence-electron chi connectivity index (χ0n) is 14.3. The number of piperazine rings is 1. The minimum Gasteiger partial charge on any atom is -0.464 e. The predicted molar refractivity (Wildman–Crippen MR) is 86.8 cm³/mol. The van der Waals surface area contributed by atoms with Gasteiger partial charge in [0.1, 0.15) is 6.61 Å². The van der Waals surface area contributed by atoms with Crippen LogP contribution in [0.4, 0.5) is 18.9 Å². The molecule has 1 fully saturated rings. The Morgan fingerprint density at radius 1 is 1.15 bits per heavy atom. The lowest BCUT2D eigenvalue weighted by Crippen LogP contribution is -2.52. The van der Waals surface area contributed by atoms with Crippen LogP contribution in [0.2, 0.25) is 0 Å². The number of nitro groups is 1. The van der Waals surface area contributed by atoms with Crippen molar-refractivity contribution in [3.05, 3.63) is 39.9 Å². The first-order valence-electron chi connectivity index (χ1n) is 8.15. The molecule has 0 atom stereocenters. The number of carbonyl (C=O) groups is 2. The highest BCUT2D eigenvalue weighted by molar-refractivity contribution is 5.82. The van der Waals surface area contributed by atoms with E-state index in [1.165, 1.54) is 18.2 Å². The van der Waals surface area contributed by atoms with Crippen molar-refractivity contribution in [2.45, 2.75) is 12.6 Å². The molecule has 0 saturated carbocycles. The van der Waals surface area contributed by atoms with Gasteiger partial charge in [-0.3, -0.25) is 24.6 Å². The van der Waals surface area contributed by atoms with Crippen LogP contribution in [0.15, 0.2) is 24.3 Å². The van der Waals surface area contributed by atoms with Gasteiger partial charge in [-0.2, -0.15) is 13.2 Å². The van der Waals surface area contributed by atoms with Crippen LogP contribution in [0.3, 0.4) is 0 Å². The number of esters is 1. The summed E-state index contributed by atoms with van der Waals surface area (Å²) < 4.78 is 42.2. The van der Waals surface area contributed by atoms with Gasteiger partial charge < -0.3 is 9.64 Å². The van der Waals surface area contributed by atoms with Gasteiger partial charge in [0.15, 0.2) is 0 Å². The van der Waals surface area contributed by atoms with E-state index in [0.29, 0.717) is 6.54 Å². The topological polar surface area (TPSA) is 93.0 Å². The van der Waals surface area contributed by atoms with Crippen molar-refractivity contribution < 1.29 is 32.4 Å². The molecule has 0 aromatic heterocycles. The third kappa shape index (κ3) is 5.91. The van der Waals surface area contributed by atoms with Crippen molar-refractivity contribution in [1.82, 2.24) is 9.80 Å². The molecule has 0 radical (unpaired) electrons. The van der Waals surface area contributed by atoms with E-state index < -0.39 is 23.0 Å². The number of ether oxygens (including phenoxy) is 1. The Morgan fingerprint density at radius 2 is 1.78 bits per heavy atom. The van der Waals surface area contributed by atoms with Crippen molar-refractivity contribution in [1.29, 1.82) is 0 Å². The lowest BCUT2D eigenvalue weighted by Gasteiger charge is -2.34. The molecule has 1 aliphatic heterocycles. The number of nitro benzene ring substituents is 1. The molecule has 1 aromatic carbocycles. The Kier molecular flexibility index (Phi) is 6.72. The molecule has 1 saturated heterocycles. The van der Waals surface area contributed by atoms with Gasteiger partial charge in [0.05, 0.1) is 11.3 Å². The number of alkyl halides is 3. The van der Waals surface area contributed by atoms with Crippen molar-refractivity contribution in [3.8, 4) is 0 Å². The molecule has 27 heavy (non-hydrogen) atoms. The smallest absolute Gasteiger partial charge is 0.464 e. The molecule has 148 valence electrons. The first kappa shape index (κ1) is 20.6. The number of benzene rings is 1. The van der Waals surface area contributed by atoms with Crippen LogP contribution < -0.4 is 0 Å². The minimum absolute atomic E-state index is 0.00663. The highest BCUT2D eigenvalue weighted by atomic mass is 19.4. The average Bonchev–Trinajstić information content (AvgIpc) is 2.61. The lowest BCUT2D eigenvalue weighted by molar-refractivity contribution is -0.385. The summed E-state index contributed by atoms with van der Waals surface area (Å²) in [6.45, 7) is 0.682. The number of carbonyl (C=O) groups excluding carboxylic acids is 2. The maximum Gasteiger partial charge on any atom is 0.471 e. The highest BCUT2D eigenvalue weighted by Crippen LogP contribution is 2.20. The van der Waals surface area contributed by atoms with Crippen LogP contribution in [0.1, 0.15) is 5.56 Å². The summed E-state index contributed by atoms with van der Waals surface area (Å²) >= 11 is 0. The first-order chi connectivity index (χ1) is 12.7. The Balaban J connectivity index is 1.72. The van der Waals surface area contributed by atoms with E-state index >= 15 is 0 Å². The van der Waals surface area contributed by atoms with Crippen LogP contribution in [0, 0.1) is 10.1 Å². The van der Waals surface area contributed by atoms with Crippen LogP contribution in [-0.2, 0) is 20.7 Å². The number of amides is 1. The summed E-state index contributed by atoms with van der Waals surface area (Å²) in [6, 6.07) is 5.84. The third-order valence-electron chi connectivity index (χ3n) is 4.10. The van der Waals surface area contributed by atoms with E-state index in [9.17, 15) is 32.9 Å². The number of halogens is 3. The number of hydrogen-bond acceptors (Lipinski definition) is 6. The predicted octanol–water partition coefficient (Wildman–Crippen LogP) is 1.39. The summed E-state index contributed by atoms with van der Waals surface area (Å²) in [5.74, 6) is -2.48. The molecule has 1 heterocycles.